The number of allylic oxidation sites excluding steroid dienone is 1. The maximum Gasteiger partial charge on any atom is 0.0457 e. The Balaban J connectivity index is 1.93. The second-order valence-corrected chi connectivity index (χ2v) is 5.28. The molecule has 4 rings (SSSR count). The van der Waals surface area contributed by atoms with E-state index in [9.17, 15) is 0 Å². The number of aromatic amines is 1. The molecule has 1 aliphatic rings. The number of benzene rings is 2. The second kappa shape index (κ2) is 4.27. The fraction of sp³-hybridized carbons (Fsp3) is 0.111. The fourth-order valence-corrected chi connectivity index (χ4v) is 3.09. The number of aromatic nitrogens is 1. The highest BCUT2D eigenvalue weighted by Gasteiger charge is 2.22. The van der Waals surface area contributed by atoms with Gasteiger partial charge in [-0.05, 0) is 23.3 Å². The maximum absolute atomic E-state index is 3.38. The van der Waals surface area contributed by atoms with E-state index in [0.29, 0.717) is 5.92 Å². The van der Waals surface area contributed by atoms with Gasteiger partial charge in [0.15, 0.2) is 0 Å². The van der Waals surface area contributed by atoms with Gasteiger partial charge in [-0.25, -0.2) is 0 Å². The number of para-hydroxylation sites is 2. The van der Waals surface area contributed by atoms with E-state index in [2.05, 4.69) is 83.9 Å². The summed E-state index contributed by atoms with van der Waals surface area (Å²) in [7, 11) is 2.10. The first kappa shape index (κ1) is 11.4. The minimum atomic E-state index is 0.318. The molecule has 0 radical (unpaired) electrons. The van der Waals surface area contributed by atoms with Gasteiger partial charge < -0.3 is 9.88 Å². The van der Waals surface area contributed by atoms with Crippen LogP contribution in [0.25, 0.3) is 10.9 Å². The quantitative estimate of drug-likeness (QED) is 0.692. The lowest BCUT2D eigenvalue weighted by Gasteiger charge is -2.27. The van der Waals surface area contributed by atoms with Crippen LogP contribution in [0.3, 0.4) is 0 Å². The molecule has 1 atom stereocenters. The van der Waals surface area contributed by atoms with Crippen molar-refractivity contribution in [3.05, 3.63) is 78.1 Å². The number of rotatable bonds is 1. The van der Waals surface area contributed by atoms with Crippen molar-refractivity contribution in [2.45, 2.75) is 5.92 Å². The predicted molar refractivity (Wildman–Crippen MR) is 84.1 cm³/mol. The summed E-state index contributed by atoms with van der Waals surface area (Å²) in [6.45, 7) is 0. The Morgan fingerprint density at radius 3 is 2.70 bits per heavy atom. The van der Waals surface area contributed by atoms with Gasteiger partial charge >= 0.3 is 0 Å². The van der Waals surface area contributed by atoms with E-state index in [1.54, 1.807) is 0 Å². The van der Waals surface area contributed by atoms with Crippen LogP contribution in [0, 0.1) is 0 Å². The van der Waals surface area contributed by atoms with Crippen molar-refractivity contribution in [3.8, 4) is 0 Å². The van der Waals surface area contributed by atoms with Crippen molar-refractivity contribution in [1.82, 2.24) is 4.98 Å². The monoisotopic (exact) mass is 260 g/mol. The van der Waals surface area contributed by atoms with Gasteiger partial charge in [0.25, 0.3) is 0 Å². The average molecular weight is 260 g/mol. The van der Waals surface area contributed by atoms with Gasteiger partial charge in [0.2, 0.25) is 0 Å². The number of H-pyrrole nitrogens is 1. The first-order valence-corrected chi connectivity index (χ1v) is 6.91. The van der Waals surface area contributed by atoms with Crippen LogP contribution in [0.2, 0.25) is 0 Å². The Morgan fingerprint density at radius 2 is 1.75 bits per heavy atom. The summed E-state index contributed by atoms with van der Waals surface area (Å²) < 4.78 is 0. The summed E-state index contributed by atoms with van der Waals surface area (Å²) >= 11 is 0. The van der Waals surface area contributed by atoms with E-state index in [1.807, 2.05) is 0 Å². The fourth-order valence-electron chi connectivity index (χ4n) is 3.09. The van der Waals surface area contributed by atoms with Crippen molar-refractivity contribution in [2.24, 2.45) is 0 Å². The normalized spacial score (nSPS) is 17.4. The highest BCUT2D eigenvalue weighted by atomic mass is 15.1. The van der Waals surface area contributed by atoms with E-state index in [1.165, 1.54) is 27.7 Å². The molecule has 0 fully saturated rings. The number of nitrogens with zero attached hydrogens (tertiary/aromatic N) is 1. The van der Waals surface area contributed by atoms with Crippen LogP contribution in [0.15, 0.2) is 67.0 Å². The summed E-state index contributed by atoms with van der Waals surface area (Å²) in [4.78, 5) is 5.56. The molecule has 0 unspecified atom stereocenters. The predicted octanol–water partition coefficient (Wildman–Crippen LogP) is 4.26. The smallest absolute Gasteiger partial charge is 0.0457 e. The molecule has 20 heavy (non-hydrogen) atoms. The molecule has 1 aromatic heterocycles. The van der Waals surface area contributed by atoms with E-state index in [-0.39, 0.29) is 0 Å². The molecule has 2 heteroatoms. The molecule has 0 saturated heterocycles. The molecule has 1 aliphatic heterocycles. The standard InChI is InChI=1S/C18H16N2/c1-20-11-10-13(15-7-3-5-9-18(15)20)16-12-19-17-8-4-2-6-14(16)17/h2-13,19H,1H3/t13-/m0/s1. The van der Waals surface area contributed by atoms with Gasteiger partial charge in [0.05, 0.1) is 0 Å². The van der Waals surface area contributed by atoms with Crippen LogP contribution in [-0.2, 0) is 0 Å². The van der Waals surface area contributed by atoms with Crippen molar-refractivity contribution >= 4 is 16.6 Å². The SMILES string of the molecule is CN1C=C[C@H](c2c[nH]c3ccccc23)c2ccccc21. The largest absolute Gasteiger partial charge is 0.361 e. The summed E-state index contributed by atoms with van der Waals surface area (Å²) in [5.41, 5.74) is 5.19. The molecule has 2 aromatic carbocycles. The highest BCUT2D eigenvalue weighted by molar-refractivity contribution is 5.85. The second-order valence-electron chi connectivity index (χ2n) is 5.28. The summed E-state index contributed by atoms with van der Waals surface area (Å²) in [6.07, 6.45) is 6.58. The zero-order valence-electron chi connectivity index (χ0n) is 11.4. The summed E-state index contributed by atoms with van der Waals surface area (Å²) in [6, 6.07) is 17.1. The zero-order chi connectivity index (χ0) is 13.5. The van der Waals surface area contributed by atoms with Crippen molar-refractivity contribution in [1.29, 1.82) is 0 Å². The lowest BCUT2D eigenvalue weighted by molar-refractivity contribution is 0.973. The first-order chi connectivity index (χ1) is 9.84. The van der Waals surface area contributed by atoms with E-state index >= 15 is 0 Å². The molecule has 0 spiro atoms. The van der Waals surface area contributed by atoms with E-state index in [0.717, 1.165) is 0 Å². The maximum atomic E-state index is 3.38. The third kappa shape index (κ3) is 1.58. The molecule has 98 valence electrons. The minimum Gasteiger partial charge on any atom is -0.361 e. The lowest BCUT2D eigenvalue weighted by Crippen LogP contribution is -2.17. The van der Waals surface area contributed by atoms with Crippen LogP contribution in [-0.4, -0.2) is 12.0 Å². The van der Waals surface area contributed by atoms with Gasteiger partial charge in [0, 0.05) is 42.0 Å². The lowest BCUT2D eigenvalue weighted by atomic mass is 9.88. The molecule has 0 saturated carbocycles. The van der Waals surface area contributed by atoms with Gasteiger partial charge in [-0.1, -0.05) is 42.5 Å². The Morgan fingerprint density at radius 1 is 0.950 bits per heavy atom. The van der Waals surface area contributed by atoms with E-state index in [4.69, 9.17) is 0 Å². The van der Waals surface area contributed by atoms with Gasteiger partial charge in [-0.3, -0.25) is 0 Å². The van der Waals surface area contributed by atoms with Gasteiger partial charge in [0.1, 0.15) is 0 Å². The molecular formula is C18H16N2. The number of hydrogen-bond donors (Lipinski definition) is 1. The van der Waals surface area contributed by atoms with Crippen LogP contribution < -0.4 is 4.90 Å². The average Bonchev–Trinajstić information content (AvgIpc) is 2.92. The third-order valence-corrected chi connectivity index (χ3v) is 4.11. The molecule has 0 bridgehead atoms. The van der Waals surface area contributed by atoms with Crippen LogP contribution in [0.4, 0.5) is 5.69 Å². The van der Waals surface area contributed by atoms with Crippen molar-refractivity contribution in [3.63, 3.8) is 0 Å². The highest BCUT2D eigenvalue weighted by Crippen LogP contribution is 2.39. The molecular weight excluding hydrogens is 244 g/mol. The van der Waals surface area contributed by atoms with Crippen LogP contribution in [0.5, 0.6) is 0 Å². The number of hydrogen-bond acceptors (Lipinski definition) is 1. The third-order valence-electron chi connectivity index (χ3n) is 4.11. The Kier molecular flexibility index (Phi) is 2.43. The number of anilines is 1. The van der Waals surface area contributed by atoms with Gasteiger partial charge in [-0.15, -0.1) is 0 Å². The summed E-state index contributed by atoms with van der Waals surface area (Å²) in [5, 5.41) is 1.31. The molecule has 2 heterocycles. The van der Waals surface area contributed by atoms with Crippen LogP contribution in [0.1, 0.15) is 17.0 Å². The number of fused-ring (bicyclic) bond motifs is 2. The van der Waals surface area contributed by atoms with Gasteiger partial charge in [-0.2, -0.15) is 0 Å². The first-order valence-electron chi connectivity index (χ1n) is 6.91. The minimum absolute atomic E-state index is 0.318. The summed E-state index contributed by atoms with van der Waals surface area (Å²) in [5.74, 6) is 0.318. The molecule has 1 N–H and O–H groups in total. The van der Waals surface area contributed by atoms with Crippen molar-refractivity contribution < 1.29 is 0 Å². The molecule has 2 nitrogen and oxygen atoms in total. The Bertz CT molecular complexity index is 798. The molecule has 0 aliphatic carbocycles. The topological polar surface area (TPSA) is 19.0 Å². The molecule has 3 aromatic rings. The van der Waals surface area contributed by atoms with E-state index < -0.39 is 0 Å². The molecule has 0 amide bonds. The van der Waals surface area contributed by atoms with Crippen LogP contribution >= 0.6 is 0 Å². The Hall–Kier alpha value is -2.48. The Labute approximate surface area is 118 Å². The van der Waals surface area contributed by atoms with Crippen molar-refractivity contribution in [2.75, 3.05) is 11.9 Å². The zero-order valence-corrected chi connectivity index (χ0v) is 11.4. The number of nitrogens with one attached hydrogen (secondary N) is 1.